The van der Waals surface area contributed by atoms with Gasteiger partial charge in [-0.1, -0.05) is 45.4 Å². The standard InChI is InChI=1S/C11H22NO/c1-3-4-5-6-7-8-9-10-12-11(2)13/h1,3-10H2,2H3,(H,12,13). The maximum absolute atomic E-state index is 10.5. The molecule has 0 saturated heterocycles. The van der Waals surface area contributed by atoms with Crippen LogP contribution in [0.5, 0.6) is 0 Å². The zero-order valence-corrected chi connectivity index (χ0v) is 8.77. The summed E-state index contributed by atoms with van der Waals surface area (Å²) >= 11 is 0. The van der Waals surface area contributed by atoms with E-state index in [1.54, 1.807) is 6.92 Å². The maximum atomic E-state index is 10.5. The molecular weight excluding hydrogens is 162 g/mol. The molecule has 13 heavy (non-hydrogen) atoms. The lowest BCUT2D eigenvalue weighted by atomic mass is 10.1. The Morgan fingerprint density at radius 1 is 1.08 bits per heavy atom. The van der Waals surface area contributed by atoms with Gasteiger partial charge in [0.25, 0.3) is 0 Å². The first kappa shape index (κ1) is 12.5. The minimum atomic E-state index is 0.0806. The van der Waals surface area contributed by atoms with Crippen molar-refractivity contribution in [2.45, 2.75) is 51.9 Å². The first-order valence-electron chi connectivity index (χ1n) is 5.31. The van der Waals surface area contributed by atoms with E-state index in [2.05, 4.69) is 12.2 Å². The van der Waals surface area contributed by atoms with Gasteiger partial charge in [-0.2, -0.15) is 0 Å². The third kappa shape index (κ3) is 11.5. The third-order valence-corrected chi connectivity index (χ3v) is 2.05. The number of nitrogens with one attached hydrogen (secondary N) is 1. The SMILES string of the molecule is [CH2]CCCCCCCCNC(C)=O. The van der Waals surface area contributed by atoms with Crippen LogP contribution in [0.3, 0.4) is 0 Å². The van der Waals surface area contributed by atoms with Crippen LogP contribution < -0.4 is 5.32 Å². The summed E-state index contributed by atoms with van der Waals surface area (Å²) in [7, 11) is 0. The molecular formula is C11H22NO. The molecule has 0 aliphatic rings. The fraction of sp³-hybridized carbons (Fsp3) is 0.818. The van der Waals surface area contributed by atoms with E-state index in [-0.39, 0.29) is 5.91 Å². The second kappa shape index (κ2) is 9.56. The van der Waals surface area contributed by atoms with Gasteiger partial charge < -0.3 is 5.32 Å². The number of hydrogen-bond acceptors (Lipinski definition) is 1. The zero-order valence-electron chi connectivity index (χ0n) is 8.77. The van der Waals surface area contributed by atoms with Crippen molar-refractivity contribution < 1.29 is 4.79 Å². The molecule has 0 aromatic rings. The van der Waals surface area contributed by atoms with Crippen LogP contribution in [0, 0.1) is 6.92 Å². The minimum absolute atomic E-state index is 0.0806. The summed E-state index contributed by atoms with van der Waals surface area (Å²) < 4.78 is 0. The van der Waals surface area contributed by atoms with Crippen LogP contribution in [0.15, 0.2) is 0 Å². The van der Waals surface area contributed by atoms with Crippen molar-refractivity contribution in [3.05, 3.63) is 6.92 Å². The van der Waals surface area contributed by atoms with Crippen molar-refractivity contribution in [3.63, 3.8) is 0 Å². The van der Waals surface area contributed by atoms with Gasteiger partial charge in [-0.05, 0) is 6.42 Å². The monoisotopic (exact) mass is 184 g/mol. The molecule has 2 nitrogen and oxygen atoms in total. The predicted molar refractivity (Wildman–Crippen MR) is 56.4 cm³/mol. The molecule has 1 radical (unpaired) electrons. The summed E-state index contributed by atoms with van der Waals surface area (Å²) in [5.41, 5.74) is 0. The molecule has 0 saturated carbocycles. The van der Waals surface area contributed by atoms with Gasteiger partial charge in [-0.15, -0.1) is 0 Å². The normalized spacial score (nSPS) is 10.0. The number of amides is 1. The average Bonchev–Trinajstić information content (AvgIpc) is 2.09. The fourth-order valence-corrected chi connectivity index (χ4v) is 1.27. The predicted octanol–water partition coefficient (Wildman–Crippen LogP) is 2.69. The van der Waals surface area contributed by atoms with Crippen LogP contribution >= 0.6 is 0 Å². The topological polar surface area (TPSA) is 29.1 Å². The smallest absolute Gasteiger partial charge is 0.216 e. The lowest BCUT2D eigenvalue weighted by Crippen LogP contribution is -2.20. The second-order valence-corrected chi connectivity index (χ2v) is 3.46. The van der Waals surface area contributed by atoms with Crippen molar-refractivity contribution in [1.29, 1.82) is 0 Å². The quantitative estimate of drug-likeness (QED) is 0.577. The Labute approximate surface area is 82.1 Å². The molecule has 0 spiro atoms. The van der Waals surface area contributed by atoms with E-state index in [9.17, 15) is 4.79 Å². The van der Waals surface area contributed by atoms with Gasteiger partial charge in [-0.25, -0.2) is 0 Å². The number of carbonyl (C=O) groups is 1. The highest BCUT2D eigenvalue weighted by Gasteiger charge is 1.91. The molecule has 2 heteroatoms. The van der Waals surface area contributed by atoms with Crippen molar-refractivity contribution in [3.8, 4) is 0 Å². The molecule has 0 aromatic heterocycles. The van der Waals surface area contributed by atoms with Crippen LogP contribution in [0.1, 0.15) is 51.9 Å². The molecule has 0 fully saturated rings. The Morgan fingerprint density at radius 2 is 1.62 bits per heavy atom. The zero-order chi connectivity index (χ0) is 9.94. The molecule has 0 bridgehead atoms. The molecule has 0 aliphatic carbocycles. The van der Waals surface area contributed by atoms with Crippen LogP contribution in [-0.4, -0.2) is 12.5 Å². The van der Waals surface area contributed by atoms with Gasteiger partial charge in [0.15, 0.2) is 0 Å². The second-order valence-electron chi connectivity index (χ2n) is 3.46. The fourth-order valence-electron chi connectivity index (χ4n) is 1.27. The Morgan fingerprint density at radius 3 is 2.15 bits per heavy atom. The van der Waals surface area contributed by atoms with E-state index in [1.807, 2.05) is 0 Å². The van der Waals surface area contributed by atoms with Crippen molar-refractivity contribution in [1.82, 2.24) is 5.32 Å². The molecule has 1 amide bonds. The summed E-state index contributed by atoms with van der Waals surface area (Å²) in [5, 5.41) is 2.80. The Balaban J connectivity index is 2.87. The Hall–Kier alpha value is -0.530. The van der Waals surface area contributed by atoms with Crippen LogP contribution in [0.4, 0.5) is 0 Å². The summed E-state index contributed by atoms with van der Waals surface area (Å²) in [6.45, 7) is 6.21. The number of unbranched alkanes of at least 4 members (excludes halogenated alkanes) is 6. The van der Waals surface area contributed by atoms with Gasteiger partial charge in [0.1, 0.15) is 0 Å². The lowest BCUT2D eigenvalue weighted by molar-refractivity contribution is -0.118. The van der Waals surface area contributed by atoms with E-state index in [0.717, 1.165) is 19.4 Å². The van der Waals surface area contributed by atoms with Gasteiger partial charge >= 0.3 is 0 Å². The molecule has 0 unspecified atom stereocenters. The molecule has 0 heterocycles. The molecule has 1 N–H and O–H groups in total. The summed E-state index contributed by atoms with van der Waals surface area (Å²) in [6.07, 6.45) is 8.58. The molecule has 77 valence electrons. The molecule has 0 aliphatic heterocycles. The summed E-state index contributed by atoms with van der Waals surface area (Å²) in [5.74, 6) is 0.0806. The first-order chi connectivity index (χ1) is 6.27. The lowest BCUT2D eigenvalue weighted by Gasteiger charge is -2.01. The van der Waals surface area contributed by atoms with Gasteiger partial charge in [-0.3, -0.25) is 4.79 Å². The number of hydrogen-bond donors (Lipinski definition) is 1. The maximum Gasteiger partial charge on any atom is 0.216 e. The van der Waals surface area contributed by atoms with Crippen molar-refractivity contribution >= 4 is 5.91 Å². The van der Waals surface area contributed by atoms with Crippen LogP contribution in [0.2, 0.25) is 0 Å². The Kier molecular flexibility index (Phi) is 9.17. The highest BCUT2D eigenvalue weighted by Crippen LogP contribution is 2.05. The van der Waals surface area contributed by atoms with E-state index in [1.165, 1.54) is 32.1 Å². The minimum Gasteiger partial charge on any atom is -0.356 e. The highest BCUT2D eigenvalue weighted by atomic mass is 16.1. The average molecular weight is 184 g/mol. The van der Waals surface area contributed by atoms with E-state index in [4.69, 9.17) is 0 Å². The highest BCUT2D eigenvalue weighted by molar-refractivity contribution is 5.72. The van der Waals surface area contributed by atoms with Crippen molar-refractivity contribution in [2.75, 3.05) is 6.54 Å². The van der Waals surface area contributed by atoms with Gasteiger partial charge in [0, 0.05) is 13.5 Å². The van der Waals surface area contributed by atoms with Crippen LogP contribution in [-0.2, 0) is 4.79 Å². The molecule has 0 aromatic carbocycles. The van der Waals surface area contributed by atoms with Gasteiger partial charge in [0.2, 0.25) is 5.91 Å². The van der Waals surface area contributed by atoms with E-state index >= 15 is 0 Å². The van der Waals surface area contributed by atoms with Gasteiger partial charge in [0.05, 0.1) is 0 Å². The largest absolute Gasteiger partial charge is 0.356 e. The third-order valence-electron chi connectivity index (χ3n) is 2.05. The molecule has 0 rings (SSSR count). The summed E-state index contributed by atoms with van der Waals surface area (Å²) in [4.78, 5) is 10.5. The Bertz CT molecular complexity index is 123. The number of rotatable bonds is 8. The first-order valence-corrected chi connectivity index (χ1v) is 5.31. The molecule has 0 atom stereocenters. The number of carbonyl (C=O) groups excluding carboxylic acids is 1. The summed E-state index contributed by atoms with van der Waals surface area (Å²) in [6, 6.07) is 0. The van der Waals surface area contributed by atoms with Crippen LogP contribution in [0.25, 0.3) is 0 Å². The van der Waals surface area contributed by atoms with E-state index in [0.29, 0.717) is 0 Å². The van der Waals surface area contributed by atoms with Crippen molar-refractivity contribution in [2.24, 2.45) is 0 Å². The van der Waals surface area contributed by atoms with E-state index < -0.39 is 0 Å².